The van der Waals surface area contributed by atoms with Gasteiger partial charge in [0.2, 0.25) is 5.88 Å². The molecule has 1 saturated carbocycles. The van der Waals surface area contributed by atoms with Crippen molar-refractivity contribution in [3.8, 4) is 5.88 Å². The highest BCUT2D eigenvalue weighted by molar-refractivity contribution is 5.85. The molecule has 1 aromatic heterocycles. The number of aromatic nitrogens is 1. The third kappa shape index (κ3) is 10.1. The Morgan fingerprint density at radius 3 is 2.21 bits per heavy atom. The molecule has 1 aliphatic heterocycles. The molecule has 2 fully saturated rings. The van der Waals surface area contributed by atoms with Gasteiger partial charge in [-0.1, -0.05) is 57.9 Å². The van der Waals surface area contributed by atoms with Gasteiger partial charge >= 0.3 is 18.1 Å². The summed E-state index contributed by atoms with van der Waals surface area (Å²) in [5.74, 6) is -6.99. The highest BCUT2D eigenvalue weighted by Gasteiger charge is 2.58. The van der Waals surface area contributed by atoms with Gasteiger partial charge in [-0.15, -0.1) is 0 Å². The summed E-state index contributed by atoms with van der Waals surface area (Å²) in [6.07, 6.45) is 6.95. The molecule has 1 aliphatic carbocycles. The molecular formula is C27H42F5N3O4. The van der Waals surface area contributed by atoms with Gasteiger partial charge in [-0.3, -0.25) is 0 Å². The van der Waals surface area contributed by atoms with Crippen molar-refractivity contribution >= 4 is 5.97 Å². The first kappa shape index (κ1) is 33.2. The van der Waals surface area contributed by atoms with Gasteiger partial charge in [-0.05, 0) is 44.7 Å². The SMILES string of the molecule is CCCCCCCCCCNC1(CN)COC1C.O=C(O)c1ccc(C2CC2)c(OCC(F)(F)C(F)(F)F)n1. The van der Waals surface area contributed by atoms with Crippen molar-refractivity contribution in [2.45, 2.75) is 108 Å². The van der Waals surface area contributed by atoms with E-state index in [4.69, 9.17) is 15.6 Å². The van der Waals surface area contributed by atoms with Crippen LogP contribution in [-0.2, 0) is 4.74 Å². The quantitative estimate of drug-likeness (QED) is 0.165. The largest absolute Gasteiger partial charge is 0.477 e. The number of carboxylic acid groups (broad SMARTS) is 1. The minimum absolute atomic E-state index is 0.0464. The van der Waals surface area contributed by atoms with Gasteiger partial charge in [0.1, 0.15) is 0 Å². The van der Waals surface area contributed by atoms with Crippen LogP contribution in [0.5, 0.6) is 5.88 Å². The van der Waals surface area contributed by atoms with Gasteiger partial charge in [0.05, 0.1) is 18.2 Å². The van der Waals surface area contributed by atoms with E-state index in [9.17, 15) is 26.7 Å². The molecule has 12 heteroatoms. The van der Waals surface area contributed by atoms with Crippen LogP contribution in [0.15, 0.2) is 12.1 Å². The van der Waals surface area contributed by atoms with Crippen LogP contribution in [0.25, 0.3) is 0 Å². The lowest BCUT2D eigenvalue weighted by Crippen LogP contribution is -2.69. The molecule has 2 aliphatic rings. The normalized spacial score (nSPS) is 21.1. The third-order valence-electron chi connectivity index (χ3n) is 7.17. The number of aromatic carboxylic acids is 1. The van der Waals surface area contributed by atoms with E-state index < -0.39 is 36.2 Å². The molecule has 39 heavy (non-hydrogen) atoms. The van der Waals surface area contributed by atoms with E-state index in [-0.39, 0.29) is 17.6 Å². The highest BCUT2D eigenvalue weighted by atomic mass is 19.4. The molecule has 2 atom stereocenters. The van der Waals surface area contributed by atoms with Crippen LogP contribution in [0.4, 0.5) is 22.0 Å². The van der Waals surface area contributed by atoms with Crippen molar-refractivity contribution in [3.63, 3.8) is 0 Å². The monoisotopic (exact) mass is 567 g/mol. The first-order valence-electron chi connectivity index (χ1n) is 13.7. The first-order valence-corrected chi connectivity index (χ1v) is 13.7. The zero-order chi connectivity index (χ0) is 29.1. The molecule has 1 aromatic rings. The van der Waals surface area contributed by atoms with Crippen LogP contribution in [0, 0.1) is 0 Å². The Labute approximate surface area is 227 Å². The van der Waals surface area contributed by atoms with Crippen molar-refractivity contribution in [1.29, 1.82) is 0 Å². The first-order chi connectivity index (χ1) is 18.4. The number of ether oxygens (including phenoxy) is 2. The molecule has 224 valence electrons. The van der Waals surface area contributed by atoms with E-state index in [0.29, 0.717) is 12.1 Å². The van der Waals surface area contributed by atoms with Crippen LogP contribution in [0.1, 0.15) is 100 Å². The standard InChI is InChI=1S/C15H32N2O.C12H10F5NO3/c1-3-4-5-6-7-8-9-10-11-17-15(12-16)13-18-14(15)2;13-11(14,12(15,16)17)5-21-9-7(6-1-2-6)3-4-8(18-9)10(19)20/h14,17H,3-13,16H2,1-2H3;3-4,6H,1-2,5H2,(H,19,20). The molecule has 2 unspecified atom stereocenters. The number of nitrogens with one attached hydrogen (secondary N) is 1. The van der Waals surface area contributed by atoms with Gasteiger partial charge in [0, 0.05) is 12.1 Å². The number of unbranched alkanes of at least 4 members (excludes halogenated alkanes) is 7. The summed E-state index contributed by atoms with van der Waals surface area (Å²) in [5.41, 5.74) is 5.76. The zero-order valence-electron chi connectivity index (χ0n) is 22.8. The van der Waals surface area contributed by atoms with Crippen molar-refractivity contribution in [3.05, 3.63) is 23.4 Å². The van der Waals surface area contributed by atoms with E-state index in [1.165, 1.54) is 57.4 Å². The van der Waals surface area contributed by atoms with E-state index in [0.717, 1.165) is 32.1 Å². The van der Waals surface area contributed by atoms with Gasteiger partial charge < -0.3 is 25.6 Å². The predicted octanol–water partition coefficient (Wildman–Crippen LogP) is 6.07. The van der Waals surface area contributed by atoms with E-state index in [1.54, 1.807) is 0 Å². The molecular weight excluding hydrogens is 525 g/mol. The van der Waals surface area contributed by atoms with Crippen LogP contribution >= 0.6 is 0 Å². The van der Waals surface area contributed by atoms with Crippen LogP contribution in [0.2, 0.25) is 0 Å². The Bertz CT molecular complexity index is 895. The fraction of sp³-hybridized carbons (Fsp3) is 0.778. The number of hydrogen-bond donors (Lipinski definition) is 3. The Kier molecular flexibility index (Phi) is 12.8. The lowest BCUT2D eigenvalue weighted by molar-refractivity contribution is -0.290. The lowest BCUT2D eigenvalue weighted by Gasteiger charge is -2.47. The molecule has 0 bridgehead atoms. The molecule has 0 spiro atoms. The fourth-order valence-electron chi connectivity index (χ4n) is 4.17. The molecule has 0 amide bonds. The minimum atomic E-state index is -5.74. The van der Waals surface area contributed by atoms with E-state index >= 15 is 0 Å². The minimum Gasteiger partial charge on any atom is -0.477 e. The second kappa shape index (κ2) is 15.1. The maximum absolute atomic E-state index is 12.8. The maximum Gasteiger partial charge on any atom is 0.456 e. The topological polar surface area (TPSA) is 107 Å². The van der Waals surface area contributed by atoms with Gasteiger partial charge in [-0.2, -0.15) is 22.0 Å². The summed E-state index contributed by atoms with van der Waals surface area (Å²) >= 11 is 0. The second-order valence-electron chi connectivity index (χ2n) is 10.4. The number of pyridine rings is 1. The second-order valence-corrected chi connectivity index (χ2v) is 10.4. The lowest BCUT2D eigenvalue weighted by atomic mass is 9.89. The summed E-state index contributed by atoms with van der Waals surface area (Å²) in [6, 6.07) is 2.49. The number of hydrogen-bond acceptors (Lipinski definition) is 6. The van der Waals surface area contributed by atoms with Gasteiger partial charge in [-0.25, -0.2) is 9.78 Å². The molecule has 2 heterocycles. The van der Waals surface area contributed by atoms with Crippen molar-refractivity contribution < 1.29 is 41.3 Å². The van der Waals surface area contributed by atoms with Gasteiger partial charge in [0.15, 0.2) is 12.3 Å². The Morgan fingerprint density at radius 2 is 1.74 bits per heavy atom. The van der Waals surface area contributed by atoms with E-state index in [1.807, 2.05) is 0 Å². The Hall–Kier alpha value is -2.05. The molecule has 1 saturated heterocycles. The molecule has 3 rings (SSSR count). The third-order valence-corrected chi connectivity index (χ3v) is 7.17. The number of rotatable bonds is 16. The summed E-state index contributed by atoms with van der Waals surface area (Å²) in [6.45, 7) is 4.99. The number of carboxylic acids is 1. The number of nitrogens with two attached hydrogens (primary N) is 1. The van der Waals surface area contributed by atoms with Gasteiger partial charge in [0.25, 0.3) is 0 Å². The average molecular weight is 568 g/mol. The smallest absolute Gasteiger partial charge is 0.456 e. The summed E-state index contributed by atoms with van der Waals surface area (Å²) in [7, 11) is 0. The maximum atomic E-state index is 12.8. The highest BCUT2D eigenvalue weighted by Crippen LogP contribution is 2.44. The summed E-state index contributed by atoms with van der Waals surface area (Å²) < 4.78 is 71.8. The Morgan fingerprint density at radius 1 is 1.13 bits per heavy atom. The molecule has 0 aromatic carbocycles. The number of carbonyl (C=O) groups is 1. The van der Waals surface area contributed by atoms with Crippen molar-refractivity contribution in [2.24, 2.45) is 5.73 Å². The fourth-order valence-corrected chi connectivity index (χ4v) is 4.17. The van der Waals surface area contributed by atoms with Crippen molar-refractivity contribution in [2.75, 3.05) is 26.3 Å². The average Bonchev–Trinajstić information content (AvgIpc) is 3.73. The van der Waals surface area contributed by atoms with Crippen LogP contribution in [-0.4, -0.2) is 66.1 Å². The predicted molar refractivity (Wildman–Crippen MR) is 137 cm³/mol. The van der Waals surface area contributed by atoms with Crippen LogP contribution < -0.4 is 15.8 Å². The zero-order valence-corrected chi connectivity index (χ0v) is 22.8. The Balaban J connectivity index is 0.000000277. The van der Waals surface area contributed by atoms with E-state index in [2.05, 4.69) is 28.9 Å². The molecule has 7 nitrogen and oxygen atoms in total. The number of alkyl halides is 5. The van der Waals surface area contributed by atoms with Crippen LogP contribution in [0.3, 0.4) is 0 Å². The molecule has 0 radical (unpaired) electrons. The number of nitrogens with zero attached hydrogens (tertiary/aromatic N) is 1. The summed E-state index contributed by atoms with van der Waals surface area (Å²) in [5, 5.41) is 12.4. The molecule has 4 N–H and O–H groups in total. The summed E-state index contributed by atoms with van der Waals surface area (Å²) in [4.78, 5) is 14.3. The number of halogens is 5. The van der Waals surface area contributed by atoms with Crippen molar-refractivity contribution in [1.82, 2.24) is 10.3 Å².